The zero-order valence-electron chi connectivity index (χ0n) is 12.4. The van der Waals surface area contributed by atoms with Crippen LogP contribution in [0.15, 0.2) is 18.5 Å². The highest BCUT2D eigenvalue weighted by molar-refractivity contribution is 7.52. The number of benzene rings is 1. The zero-order chi connectivity index (χ0) is 14.8. The molecule has 2 aromatic rings. The Morgan fingerprint density at radius 2 is 1.75 bits per heavy atom. The van der Waals surface area contributed by atoms with E-state index in [0.717, 1.165) is 11.0 Å². The molecule has 0 unspecified atom stereocenters. The lowest BCUT2D eigenvalue weighted by atomic mass is 10.1. The lowest BCUT2D eigenvalue weighted by Gasteiger charge is -2.17. The fourth-order valence-electron chi connectivity index (χ4n) is 2.12. The molecule has 0 aliphatic carbocycles. The predicted molar refractivity (Wildman–Crippen MR) is 80.1 cm³/mol. The van der Waals surface area contributed by atoms with Crippen LogP contribution in [0.25, 0.3) is 11.0 Å². The average molecular weight is 296 g/mol. The highest BCUT2D eigenvalue weighted by Gasteiger charge is 2.25. The van der Waals surface area contributed by atoms with Gasteiger partial charge in [-0.3, -0.25) is 4.57 Å². The van der Waals surface area contributed by atoms with E-state index in [1.807, 2.05) is 24.5 Å². The number of fused-ring (bicyclic) bond motifs is 1. The first kappa shape index (κ1) is 15.2. The van der Waals surface area contributed by atoms with E-state index in [4.69, 9.17) is 9.05 Å². The second-order valence-electron chi connectivity index (χ2n) is 4.73. The van der Waals surface area contributed by atoms with E-state index >= 15 is 0 Å². The SMILES string of the molecule is CCOP(=O)(Cn1cnc2cc(C)c(C)cc21)OCC. The number of hydrogen-bond acceptors (Lipinski definition) is 4. The maximum atomic E-state index is 12.6. The van der Waals surface area contributed by atoms with E-state index in [-0.39, 0.29) is 6.29 Å². The molecule has 0 atom stereocenters. The summed E-state index contributed by atoms with van der Waals surface area (Å²) in [6, 6.07) is 4.09. The molecule has 0 fully saturated rings. The maximum absolute atomic E-state index is 12.6. The van der Waals surface area contributed by atoms with E-state index in [1.165, 1.54) is 11.1 Å². The lowest BCUT2D eigenvalue weighted by Crippen LogP contribution is -2.04. The summed E-state index contributed by atoms with van der Waals surface area (Å²) in [6.45, 7) is 8.45. The fourth-order valence-corrected chi connectivity index (χ4v) is 3.75. The standard InChI is InChI=1S/C14H21N2O3P/c1-5-18-20(17,19-6-2)10-16-9-15-13-7-11(3)12(4)8-14(13)16/h7-9H,5-6,10H2,1-4H3. The molecule has 0 saturated carbocycles. The van der Waals surface area contributed by atoms with Crippen LogP contribution in [-0.2, 0) is 19.9 Å². The van der Waals surface area contributed by atoms with Gasteiger partial charge < -0.3 is 13.6 Å². The molecule has 1 aromatic carbocycles. The second kappa shape index (κ2) is 6.08. The first-order chi connectivity index (χ1) is 9.49. The van der Waals surface area contributed by atoms with Crippen LogP contribution in [0.3, 0.4) is 0 Å². The van der Waals surface area contributed by atoms with E-state index in [2.05, 4.69) is 24.9 Å². The topological polar surface area (TPSA) is 53.4 Å². The molecule has 0 saturated heterocycles. The van der Waals surface area contributed by atoms with E-state index < -0.39 is 7.60 Å². The van der Waals surface area contributed by atoms with Crippen LogP contribution < -0.4 is 0 Å². The van der Waals surface area contributed by atoms with Crippen LogP contribution in [-0.4, -0.2) is 22.8 Å². The van der Waals surface area contributed by atoms with Gasteiger partial charge >= 0.3 is 7.60 Å². The average Bonchev–Trinajstić information content (AvgIpc) is 2.73. The normalized spacial score (nSPS) is 12.2. The molecule has 110 valence electrons. The van der Waals surface area contributed by atoms with Gasteiger partial charge in [0.25, 0.3) is 0 Å². The Bertz CT molecular complexity index is 641. The third kappa shape index (κ3) is 3.11. The highest BCUT2D eigenvalue weighted by atomic mass is 31.2. The monoisotopic (exact) mass is 296 g/mol. The van der Waals surface area contributed by atoms with Crippen LogP contribution in [0.5, 0.6) is 0 Å². The van der Waals surface area contributed by atoms with Crippen molar-refractivity contribution in [2.45, 2.75) is 34.0 Å². The molecule has 1 aromatic heterocycles. The van der Waals surface area contributed by atoms with Crippen molar-refractivity contribution in [3.05, 3.63) is 29.6 Å². The molecule has 0 amide bonds. The number of imidazole rings is 1. The Labute approximate surface area is 119 Å². The summed E-state index contributed by atoms with van der Waals surface area (Å²) >= 11 is 0. The quantitative estimate of drug-likeness (QED) is 0.759. The number of aromatic nitrogens is 2. The molecule has 0 aliphatic rings. The molecule has 1 heterocycles. The summed E-state index contributed by atoms with van der Waals surface area (Å²) < 4.78 is 25.1. The smallest absolute Gasteiger partial charge is 0.318 e. The van der Waals surface area contributed by atoms with E-state index in [0.29, 0.717) is 13.2 Å². The van der Waals surface area contributed by atoms with Gasteiger partial charge in [0.05, 0.1) is 30.6 Å². The van der Waals surface area contributed by atoms with Crippen molar-refractivity contribution in [2.24, 2.45) is 0 Å². The molecule has 6 heteroatoms. The van der Waals surface area contributed by atoms with Crippen molar-refractivity contribution >= 4 is 18.6 Å². The Morgan fingerprint density at radius 1 is 1.15 bits per heavy atom. The molecular formula is C14H21N2O3P. The van der Waals surface area contributed by atoms with Crippen LogP contribution in [0.2, 0.25) is 0 Å². The zero-order valence-corrected chi connectivity index (χ0v) is 13.3. The van der Waals surface area contributed by atoms with Gasteiger partial charge in [0.2, 0.25) is 0 Å². The van der Waals surface area contributed by atoms with Crippen molar-refractivity contribution in [2.75, 3.05) is 13.2 Å². The van der Waals surface area contributed by atoms with E-state index in [9.17, 15) is 4.57 Å². The number of hydrogen-bond donors (Lipinski definition) is 0. The molecular weight excluding hydrogens is 275 g/mol. The van der Waals surface area contributed by atoms with Crippen molar-refractivity contribution in [3.8, 4) is 0 Å². The highest BCUT2D eigenvalue weighted by Crippen LogP contribution is 2.50. The van der Waals surface area contributed by atoms with Gasteiger partial charge in [-0.1, -0.05) is 0 Å². The number of nitrogens with zero attached hydrogens (tertiary/aromatic N) is 2. The van der Waals surface area contributed by atoms with Crippen molar-refractivity contribution in [1.82, 2.24) is 9.55 Å². The summed E-state index contributed by atoms with van der Waals surface area (Å²) in [5.41, 5.74) is 4.22. The molecule has 0 N–H and O–H groups in total. The van der Waals surface area contributed by atoms with E-state index in [1.54, 1.807) is 6.33 Å². The summed E-state index contributed by atoms with van der Waals surface area (Å²) in [5, 5.41) is 0. The Kier molecular flexibility index (Phi) is 4.63. The summed E-state index contributed by atoms with van der Waals surface area (Å²) in [5.74, 6) is 0. The van der Waals surface area contributed by atoms with Gasteiger partial charge in [-0.2, -0.15) is 0 Å². The third-order valence-corrected chi connectivity index (χ3v) is 5.17. The van der Waals surface area contributed by atoms with Crippen LogP contribution in [0.4, 0.5) is 0 Å². The molecule has 0 spiro atoms. The minimum absolute atomic E-state index is 0.188. The predicted octanol–water partition coefficient (Wildman–Crippen LogP) is 3.88. The molecule has 0 radical (unpaired) electrons. The van der Waals surface area contributed by atoms with Gasteiger partial charge in [0, 0.05) is 0 Å². The molecule has 2 rings (SSSR count). The first-order valence-corrected chi connectivity index (χ1v) is 8.52. The maximum Gasteiger partial charge on any atom is 0.350 e. The minimum Gasteiger partial charge on any atom is -0.318 e. The molecule has 0 aliphatic heterocycles. The van der Waals surface area contributed by atoms with Crippen LogP contribution in [0, 0.1) is 13.8 Å². The molecule has 0 bridgehead atoms. The van der Waals surface area contributed by atoms with Crippen LogP contribution in [0.1, 0.15) is 25.0 Å². The molecule has 20 heavy (non-hydrogen) atoms. The summed E-state index contributed by atoms with van der Waals surface area (Å²) in [7, 11) is -3.12. The largest absolute Gasteiger partial charge is 0.350 e. The second-order valence-corrected chi connectivity index (χ2v) is 6.75. The summed E-state index contributed by atoms with van der Waals surface area (Å²) in [6.07, 6.45) is 1.88. The fraction of sp³-hybridized carbons (Fsp3) is 0.500. The lowest BCUT2D eigenvalue weighted by molar-refractivity contribution is 0.214. The van der Waals surface area contributed by atoms with Crippen molar-refractivity contribution in [3.63, 3.8) is 0 Å². The van der Waals surface area contributed by atoms with Crippen molar-refractivity contribution in [1.29, 1.82) is 0 Å². The Morgan fingerprint density at radius 3 is 2.35 bits per heavy atom. The first-order valence-electron chi connectivity index (χ1n) is 6.79. The Hall–Kier alpha value is -1.16. The van der Waals surface area contributed by atoms with Gasteiger partial charge in [0.15, 0.2) is 0 Å². The summed E-state index contributed by atoms with van der Waals surface area (Å²) in [4.78, 5) is 4.36. The van der Waals surface area contributed by atoms with Gasteiger partial charge in [-0.05, 0) is 51.0 Å². The molecule has 5 nitrogen and oxygen atoms in total. The number of rotatable bonds is 6. The third-order valence-electron chi connectivity index (χ3n) is 3.21. The van der Waals surface area contributed by atoms with Gasteiger partial charge in [0.1, 0.15) is 6.29 Å². The minimum atomic E-state index is -3.12. The van der Waals surface area contributed by atoms with Gasteiger partial charge in [-0.25, -0.2) is 4.98 Å². The van der Waals surface area contributed by atoms with Crippen molar-refractivity contribution < 1.29 is 13.6 Å². The van der Waals surface area contributed by atoms with Crippen LogP contribution >= 0.6 is 7.60 Å². The Balaban J connectivity index is 2.38. The van der Waals surface area contributed by atoms with Gasteiger partial charge in [-0.15, -0.1) is 0 Å². The number of aryl methyl sites for hydroxylation is 2.